The summed E-state index contributed by atoms with van der Waals surface area (Å²) in [7, 11) is 2.07. The number of para-hydroxylation sites is 2. The first-order valence-corrected chi connectivity index (χ1v) is 6.04. The smallest absolute Gasteiger partial charge is 0.228 e. The highest BCUT2D eigenvalue weighted by atomic mass is 16.2. The van der Waals surface area contributed by atoms with Gasteiger partial charge in [-0.15, -0.1) is 0 Å². The van der Waals surface area contributed by atoms with E-state index in [0.29, 0.717) is 13.0 Å². The van der Waals surface area contributed by atoms with Crippen LogP contribution >= 0.6 is 0 Å². The predicted octanol–water partition coefficient (Wildman–Crippen LogP) is 1.21. The summed E-state index contributed by atoms with van der Waals surface area (Å²) in [4.78, 5) is 16.1. The molecule has 1 aliphatic heterocycles. The number of anilines is 2. The number of fused-ring (bicyclic) bond motifs is 1. The van der Waals surface area contributed by atoms with Crippen molar-refractivity contribution < 1.29 is 4.79 Å². The van der Waals surface area contributed by atoms with Gasteiger partial charge < -0.3 is 15.5 Å². The fourth-order valence-corrected chi connectivity index (χ4v) is 2.24. The fourth-order valence-electron chi connectivity index (χ4n) is 2.24. The second-order valence-corrected chi connectivity index (χ2v) is 4.35. The number of carbonyl (C=O) groups excluding carboxylic acids is 1. The average Bonchev–Trinajstić information content (AvgIpc) is 2.50. The van der Waals surface area contributed by atoms with Gasteiger partial charge in [-0.2, -0.15) is 0 Å². The molecule has 2 rings (SSSR count). The fraction of sp³-hybridized carbons (Fsp3) is 0.462. The molecule has 0 unspecified atom stereocenters. The number of rotatable bonds is 2. The maximum atomic E-state index is 12.0. The molecular formula is C13H19N3O. The molecule has 17 heavy (non-hydrogen) atoms. The van der Waals surface area contributed by atoms with Crippen LogP contribution in [0.4, 0.5) is 11.4 Å². The van der Waals surface area contributed by atoms with E-state index in [2.05, 4.69) is 18.0 Å². The minimum atomic E-state index is 0.121. The largest absolute Gasteiger partial charge is 0.373 e. The van der Waals surface area contributed by atoms with Crippen LogP contribution in [0.3, 0.4) is 0 Å². The summed E-state index contributed by atoms with van der Waals surface area (Å²) in [6.45, 7) is 2.16. The van der Waals surface area contributed by atoms with E-state index in [4.69, 9.17) is 5.73 Å². The van der Waals surface area contributed by atoms with E-state index >= 15 is 0 Å². The molecular weight excluding hydrogens is 214 g/mol. The van der Waals surface area contributed by atoms with Crippen LogP contribution in [-0.4, -0.2) is 32.6 Å². The maximum absolute atomic E-state index is 12.0. The minimum absolute atomic E-state index is 0.121. The quantitative estimate of drug-likeness (QED) is 0.835. The van der Waals surface area contributed by atoms with Gasteiger partial charge in [-0.1, -0.05) is 12.1 Å². The number of amides is 1. The van der Waals surface area contributed by atoms with Crippen molar-refractivity contribution in [3.05, 3.63) is 24.3 Å². The molecule has 0 saturated heterocycles. The molecule has 1 aromatic rings. The lowest BCUT2D eigenvalue weighted by Gasteiger charge is -2.24. The molecule has 0 aromatic heterocycles. The number of nitrogens with two attached hydrogens (primary N) is 1. The lowest BCUT2D eigenvalue weighted by Crippen LogP contribution is -2.32. The Balaban J connectivity index is 2.35. The first-order chi connectivity index (χ1) is 8.24. The van der Waals surface area contributed by atoms with Gasteiger partial charge in [0.15, 0.2) is 0 Å². The van der Waals surface area contributed by atoms with Crippen LogP contribution in [0.5, 0.6) is 0 Å². The highest BCUT2D eigenvalue weighted by Crippen LogP contribution is 2.31. The number of hydrogen-bond acceptors (Lipinski definition) is 3. The lowest BCUT2D eigenvalue weighted by atomic mass is 10.2. The molecule has 4 heteroatoms. The van der Waals surface area contributed by atoms with Gasteiger partial charge >= 0.3 is 0 Å². The molecule has 0 bridgehead atoms. The van der Waals surface area contributed by atoms with Crippen molar-refractivity contribution in [3.63, 3.8) is 0 Å². The third kappa shape index (κ3) is 2.42. The van der Waals surface area contributed by atoms with Crippen LogP contribution in [0, 0.1) is 0 Å². The Morgan fingerprint density at radius 3 is 2.71 bits per heavy atom. The van der Waals surface area contributed by atoms with E-state index in [1.807, 2.05) is 23.1 Å². The van der Waals surface area contributed by atoms with Crippen LogP contribution < -0.4 is 15.5 Å². The molecule has 0 aliphatic carbocycles. The summed E-state index contributed by atoms with van der Waals surface area (Å²) in [5, 5.41) is 0. The van der Waals surface area contributed by atoms with Gasteiger partial charge in [0.25, 0.3) is 0 Å². The molecule has 1 amide bonds. The predicted molar refractivity (Wildman–Crippen MR) is 70.4 cm³/mol. The maximum Gasteiger partial charge on any atom is 0.228 e. The number of nitrogens with zero attached hydrogens (tertiary/aromatic N) is 2. The SMILES string of the molecule is CN1CCCN(C(=O)CCN)c2ccccc21. The summed E-state index contributed by atoms with van der Waals surface area (Å²) < 4.78 is 0. The van der Waals surface area contributed by atoms with Crippen molar-refractivity contribution in [1.29, 1.82) is 0 Å². The number of hydrogen-bond donors (Lipinski definition) is 1. The Morgan fingerprint density at radius 1 is 1.29 bits per heavy atom. The highest BCUT2D eigenvalue weighted by molar-refractivity contribution is 5.97. The van der Waals surface area contributed by atoms with Crippen molar-refractivity contribution in [2.75, 3.05) is 36.5 Å². The normalized spacial score (nSPS) is 15.4. The van der Waals surface area contributed by atoms with E-state index in [9.17, 15) is 4.79 Å². The van der Waals surface area contributed by atoms with Gasteiger partial charge in [0.05, 0.1) is 11.4 Å². The Labute approximate surface area is 102 Å². The van der Waals surface area contributed by atoms with Crippen molar-refractivity contribution in [2.45, 2.75) is 12.8 Å². The minimum Gasteiger partial charge on any atom is -0.373 e. The second-order valence-electron chi connectivity index (χ2n) is 4.35. The Hall–Kier alpha value is -1.55. The molecule has 0 saturated carbocycles. The van der Waals surface area contributed by atoms with Crippen molar-refractivity contribution in [2.24, 2.45) is 5.73 Å². The summed E-state index contributed by atoms with van der Waals surface area (Å²) in [6, 6.07) is 8.04. The highest BCUT2D eigenvalue weighted by Gasteiger charge is 2.22. The lowest BCUT2D eigenvalue weighted by molar-refractivity contribution is -0.118. The van der Waals surface area contributed by atoms with Crippen LogP contribution in [0.1, 0.15) is 12.8 Å². The van der Waals surface area contributed by atoms with Gasteiger partial charge in [-0.3, -0.25) is 4.79 Å². The topological polar surface area (TPSA) is 49.6 Å². The average molecular weight is 233 g/mol. The van der Waals surface area contributed by atoms with Gasteiger partial charge in [0, 0.05) is 33.1 Å². The summed E-state index contributed by atoms with van der Waals surface area (Å²) in [5.41, 5.74) is 7.59. The number of benzene rings is 1. The molecule has 1 aromatic carbocycles. The summed E-state index contributed by atoms with van der Waals surface area (Å²) in [5.74, 6) is 0.121. The molecule has 2 N–H and O–H groups in total. The van der Waals surface area contributed by atoms with Crippen molar-refractivity contribution >= 4 is 17.3 Å². The monoisotopic (exact) mass is 233 g/mol. The van der Waals surface area contributed by atoms with E-state index in [0.717, 1.165) is 30.9 Å². The molecule has 4 nitrogen and oxygen atoms in total. The van der Waals surface area contributed by atoms with Gasteiger partial charge in [0.1, 0.15) is 0 Å². The van der Waals surface area contributed by atoms with Gasteiger partial charge in [0.2, 0.25) is 5.91 Å². The zero-order valence-corrected chi connectivity index (χ0v) is 10.2. The zero-order chi connectivity index (χ0) is 12.3. The molecule has 1 aliphatic rings. The third-order valence-corrected chi connectivity index (χ3v) is 3.12. The van der Waals surface area contributed by atoms with E-state index < -0.39 is 0 Å². The Bertz CT molecular complexity index is 405. The first kappa shape index (κ1) is 11.9. The van der Waals surface area contributed by atoms with Crippen LogP contribution in [0.15, 0.2) is 24.3 Å². The third-order valence-electron chi connectivity index (χ3n) is 3.12. The zero-order valence-electron chi connectivity index (χ0n) is 10.2. The van der Waals surface area contributed by atoms with Gasteiger partial charge in [-0.05, 0) is 18.6 Å². The molecule has 0 spiro atoms. The second kappa shape index (κ2) is 5.19. The molecule has 0 radical (unpaired) electrons. The Kier molecular flexibility index (Phi) is 3.64. The summed E-state index contributed by atoms with van der Waals surface area (Å²) in [6.07, 6.45) is 1.40. The van der Waals surface area contributed by atoms with Crippen LogP contribution in [0.2, 0.25) is 0 Å². The van der Waals surface area contributed by atoms with Gasteiger partial charge in [-0.25, -0.2) is 0 Å². The van der Waals surface area contributed by atoms with Crippen molar-refractivity contribution in [3.8, 4) is 0 Å². The molecule has 92 valence electrons. The van der Waals surface area contributed by atoms with E-state index in [1.54, 1.807) is 0 Å². The van der Waals surface area contributed by atoms with E-state index in [-0.39, 0.29) is 5.91 Å². The molecule has 0 atom stereocenters. The molecule has 0 fully saturated rings. The summed E-state index contributed by atoms with van der Waals surface area (Å²) >= 11 is 0. The first-order valence-electron chi connectivity index (χ1n) is 6.04. The van der Waals surface area contributed by atoms with Crippen molar-refractivity contribution in [1.82, 2.24) is 0 Å². The van der Waals surface area contributed by atoms with E-state index in [1.165, 1.54) is 0 Å². The Morgan fingerprint density at radius 2 is 2.00 bits per heavy atom. The standard InChI is InChI=1S/C13H19N3O/c1-15-9-4-10-16(13(17)7-8-14)12-6-3-2-5-11(12)15/h2-3,5-6H,4,7-10,14H2,1H3. The molecule has 1 heterocycles. The van der Waals surface area contributed by atoms with Crippen LogP contribution in [-0.2, 0) is 4.79 Å². The van der Waals surface area contributed by atoms with Crippen LogP contribution in [0.25, 0.3) is 0 Å². The number of carbonyl (C=O) groups is 1.